The molecule has 1 aromatic heterocycles. The Morgan fingerprint density at radius 3 is 2.18 bits per heavy atom. The Labute approximate surface area is 196 Å². The Kier molecular flexibility index (Phi) is 5.49. The fourth-order valence-electron chi connectivity index (χ4n) is 4.35. The predicted octanol–water partition coefficient (Wildman–Crippen LogP) is 3.72. The van der Waals surface area contributed by atoms with Gasteiger partial charge in [0.2, 0.25) is 5.91 Å². The van der Waals surface area contributed by atoms with Gasteiger partial charge in [-0.2, -0.15) is 0 Å². The minimum Gasteiger partial charge on any atom is -0.480 e. The highest BCUT2D eigenvalue weighted by atomic mass is 16.5. The molecule has 1 saturated carbocycles. The second-order valence-electron chi connectivity index (χ2n) is 8.60. The number of nitrogens with one attached hydrogen (secondary N) is 2. The molecule has 0 bridgehead atoms. The number of amides is 2. The van der Waals surface area contributed by atoms with Crippen LogP contribution in [0.3, 0.4) is 0 Å². The van der Waals surface area contributed by atoms with Gasteiger partial charge >= 0.3 is 12.1 Å². The minimum atomic E-state index is -1.12. The molecule has 1 heterocycles. The quantitative estimate of drug-likeness (QED) is 0.498. The fraction of sp³-hybridized carbons (Fsp3) is 0.231. The van der Waals surface area contributed by atoms with Crippen LogP contribution in [-0.2, 0) is 20.7 Å². The SMILES string of the molecule is O=C(Cc1ccc(NC(=O)OCC2c3ccccc3-c3ccccc32)cn1)NC1(C(=O)O)CC1. The van der Waals surface area contributed by atoms with E-state index in [0.29, 0.717) is 24.2 Å². The van der Waals surface area contributed by atoms with Crippen LogP contribution in [0.1, 0.15) is 35.6 Å². The van der Waals surface area contributed by atoms with Crippen LogP contribution in [0.15, 0.2) is 66.9 Å². The van der Waals surface area contributed by atoms with E-state index < -0.39 is 23.5 Å². The number of carbonyl (C=O) groups is 3. The van der Waals surface area contributed by atoms with Gasteiger partial charge in [0.15, 0.2) is 0 Å². The summed E-state index contributed by atoms with van der Waals surface area (Å²) in [6.45, 7) is 0.205. The third-order valence-electron chi connectivity index (χ3n) is 6.29. The summed E-state index contributed by atoms with van der Waals surface area (Å²) >= 11 is 0. The molecule has 3 aromatic rings. The molecule has 5 rings (SSSR count). The largest absolute Gasteiger partial charge is 0.480 e. The summed E-state index contributed by atoms with van der Waals surface area (Å²) in [4.78, 5) is 39.9. The maximum atomic E-state index is 12.4. The van der Waals surface area contributed by atoms with Gasteiger partial charge in [-0.3, -0.25) is 15.1 Å². The van der Waals surface area contributed by atoms with Crippen LogP contribution in [-0.4, -0.2) is 40.2 Å². The maximum absolute atomic E-state index is 12.4. The molecule has 8 nitrogen and oxygen atoms in total. The van der Waals surface area contributed by atoms with Crippen LogP contribution >= 0.6 is 0 Å². The first kappa shape index (κ1) is 21.6. The molecule has 2 aliphatic carbocycles. The van der Waals surface area contributed by atoms with Crippen molar-refractivity contribution in [3.8, 4) is 11.1 Å². The summed E-state index contributed by atoms with van der Waals surface area (Å²) in [6.07, 6.45) is 1.68. The summed E-state index contributed by atoms with van der Waals surface area (Å²) in [5, 5.41) is 14.4. The second kappa shape index (κ2) is 8.62. The maximum Gasteiger partial charge on any atom is 0.411 e. The number of rotatable bonds is 7. The highest BCUT2D eigenvalue weighted by molar-refractivity contribution is 5.90. The zero-order valence-corrected chi connectivity index (χ0v) is 18.3. The lowest BCUT2D eigenvalue weighted by molar-refractivity contribution is -0.143. The summed E-state index contributed by atoms with van der Waals surface area (Å²) < 4.78 is 5.53. The minimum absolute atomic E-state index is 0.0299. The fourth-order valence-corrected chi connectivity index (χ4v) is 4.35. The number of pyridine rings is 1. The Bertz CT molecular complexity index is 1220. The van der Waals surface area contributed by atoms with Gasteiger partial charge in [-0.25, -0.2) is 9.59 Å². The number of aromatic nitrogens is 1. The number of aliphatic carboxylic acids is 1. The number of carboxylic acid groups (broad SMARTS) is 1. The number of fused-ring (bicyclic) bond motifs is 3. The molecule has 0 spiro atoms. The van der Waals surface area contributed by atoms with E-state index in [9.17, 15) is 14.4 Å². The Morgan fingerprint density at radius 1 is 0.971 bits per heavy atom. The number of anilines is 1. The Hall–Kier alpha value is -4.20. The lowest BCUT2D eigenvalue weighted by Crippen LogP contribution is -2.43. The van der Waals surface area contributed by atoms with Crippen LogP contribution in [0.5, 0.6) is 0 Å². The molecule has 34 heavy (non-hydrogen) atoms. The van der Waals surface area contributed by atoms with Crippen molar-refractivity contribution >= 4 is 23.7 Å². The van der Waals surface area contributed by atoms with Gasteiger partial charge in [-0.05, 0) is 47.2 Å². The third kappa shape index (κ3) is 4.22. The molecule has 3 N–H and O–H groups in total. The van der Waals surface area contributed by atoms with Crippen LogP contribution in [0.25, 0.3) is 11.1 Å². The number of benzene rings is 2. The zero-order valence-electron chi connectivity index (χ0n) is 18.3. The predicted molar refractivity (Wildman–Crippen MR) is 124 cm³/mol. The lowest BCUT2D eigenvalue weighted by atomic mass is 9.98. The van der Waals surface area contributed by atoms with E-state index in [4.69, 9.17) is 9.84 Å². The first-order chi connectivity index (χ1) is 16.4. The van der Waals surface area contributed by atoms with Gasteiger partial charge in [-0.1, -0.05) is 48.5 Å². The smallest absolute Gasteiger partial charge is 0.411 e. The van der Waals surface area contributed by atoms with E-state index in [2.05, 4.69) is 39.9 Å². The molecule has 2 aromatic carbocycles. The van der Waals surface area contributed by atoms with E-state index >= 15 is 0 Å². The monoisotopic (exact) mass is 457 g/mol. The van der Waals surface area contributed by atoms with Gasteiger partial charge in [0.05, 0.1) is 18.3 Å². The number of hydrogen-bond acceptors (Lipinski definition) is 5. The lowest BCUT2D eigenvalue weighted by Gasteiger charge is -2.14. The van der Waals surface area contributed by atoms with Crippen molar-refractivity contribution in [2.75, 3.05) is 11.9 Å². The normalized spacial score (nSPS) is 15.1. The van der Waals surface area contributed by atoms with Gasteiger partial charge < -0.3 is 15.2 Å². The van der Waals surface area contributed by atoms with E-state index in [1.807, 2.05) is 24.3 Å². The van der Waals surface area contributed by atoms with E-state index in [1.54, 1.807) is 12.1 Å². The van der Waals surface area contributed by atoms with E-state index in [1.165, 1.54) is 6.20 Å². The average Bonchev–Trinajstić information content (AvgIpc) is 3.55. The molecule has 0 radical (unpaired) electrons. The number of carbonyl (C=O) groups excluding carboxylic acids is 2. The summed E-state index contributed by atoms with van der Waals surface area (Å²) in [7, 11) is 0. The molecule has 0 atom stereocenters. The summed E-state index contributed by atoms with van der Waals surface area (Å²) in [5.41, 5.74) is 4.37. The van der Waals surface area contributed by atoms with Gasteiger partial charge in [0, 0.05) is 11.6 Å². The highest BCUT2D eigenvalue weighted by Crippen LogP contribution is 2.44. The molecule has 0 unspecified atom stereocenters. The molecule has 0 aliphatic heterocycles. The molecule has 1 fully saturated rings. The first-order valence-electron chi connectivity index (χ1n) is 11.1. The molecular formula is C26H23N3O5. The van der Waals surface area contributed by atoms with E-state index in [-0.39, 0.29) is 18.9 Å². The second-order valence-corrected chi connectivity index (χ2v) is 8.60. The number of nitrogens with zero attached hydrogens (tertiary/aromatic N) is 1. The van der Waals surface area contributed by atoms with Gasteiger partial charge in [0.25, 0.3) is 0 Å². The first-order valence-corrected chi connectivity index (χ1v) is 11.1. The number of carboxylic acids is 1. The topological polar surface area (TPSA) is 118 Å². The third-order valence-corrected chi connectivity index (χ3v) is 6.29. The van der Waals surface area contributed by atoms with Gasteiger partial charge in [0.1, 0.15) is 12.1 Å². The van der Waals surface area contributed by atoms with E-state index in [0.717, 1.165) is 22.3 Å². The number of ether oxygens (including phenoxy) is 1. The number of hydrogen-bond donors (Lipinski definition) is 3. The van der Waals surface area contributed by atoms with Gasteiger partial charge in [-0.15, -0.1) is 0 Å². The molecule has 2 aliphatic rings. The van der Waals surface area contributed by atoms with Crippen molar-refractivity contribution < 1.29 is 24.2 Å². The van der Waals surface area contributed by atoms with Crippen LogP contribution in [0.4, 0.5) is 10.5 Å². The molecular weight excluding hydrogens is 434 g/mol. The standard InChI is InChI=1S/C26H23N3O5/c30-23(29-26(11-12-26)24(31)32)13-16-9-10-17(14-27-16)28-25(33)34-15-22-20-7-3-1-5-18(20)19-6-2-4-8-21(19)22/h1-10,14,22H,11-13,15H2,(H,28,33)(H,29,30)(H,31,32). The highest BCUT2D eigenvalue weighted by Gasteiger charge is 2.51. The van der Waals surface area contributed by atoms with Crippen molar-refractivity contribution in [2.24, 2.45) is 0 Å². The van der Waals surface area contributed by atoms with Crippen LogP contribution in [0.2, 0.25) is 0 Å². The van der Waals surface area contributed by atoms with Crippen molar-refractivity contribution in [2.45, 2.75) is 30.7 Å². The van der Waals surface area contributed by atoms with Crippen LogP contribution < -0.4 is 10.6 Å². The van der Waals surface area contributed by atoms with Crippen molar-refractivity contribution in [1.29, 1.82) is 0 Å². The zero-order chi connectivity index (χ0) is 23.7. The average molecular weight is 457 g/mol. The molecule has 2 amide bonds. The summed E-state index contributed by atoms with van der Waals surface area (Å²) in [6, 6.07) is 19.5. The molecule has 0 saturated heterocycles. The molecule has 8 heteroatoms. The summed E-state index contributed by atoms with van der Waals surface area (Å²) in [5.74, 6) is -1.45. The Morgan fingerprint density at radius 2 is 1.62 bits per heavy atom. The van der Waals surface area contributed by atoms with Crippen LogP contribution in [0, 0.1) is 0 Å². The van der Waals surface area contributed by atoms with Crippen molar-refractivity contribution in [3.05, 3.63) is 83.7 Å². The van der Waals surface area contributed by atoms with Crippen molar-refractivity contribution in [1.82, 2.24) is 10.3 Å². The van der Waals surface area contributed by atoms with Crippen molar-refractivity contribution in [3.63, 3.8) is 0 Å². The Balaban J connectivity index is 1.16. The molecule has 172 valence electrons.